The van der Waals surface area contributed by atoms with Gasteiger partial charge < -0.3 is 48.3 Å². The van der Waals surface area contributed by atoms with E-state index in [1.165, 1.54) is 0 Å². The predicted molar refractivity (Wildman–Crippen MR) is 19.4 cm³/mol. The Labute approximate surface area is 271 Å². The summed E-state index contributed by atoms with van der Waals surface area (Å²) in [5.74, 6) is 0. The molecular weight excluding hydrogens is 392 g/mol. The second-order valence-electron chi connectivity index (χ2n) is 0.947. The van der Waals surface area contributed by atoms with Crippen LogP contribution in [0.5, 0.6) is 0 Å². The number of hydrogen-bond donors (Lipinski definition) is 0. The molecule has 0 aliphatic carbocycles. The van der Waals surface area contributed by atoms with Crippen molar-refractivity contribution in [3.63, 3.8) is 0 Å². The third-order valence-corrected chi connectivity index (χ3v) is 0. The van der Waals surface area contributed by atoms with E-state index in [1.54, 1.807) is 0 Å². The topological polar surface area (TPSA) is 213 Å². The maximum atomic E-state index is 8.55. The number of phosphoric acid groups is 1. The minimum atomic E-state index is -5.39. The van der Waals surface area contributed by atoms with Gasteiger partial charge in [0.15, 0.2) is 0 Å². The Balaban J connectivity index is -0.00000000802. The van der Waals surface area contributed by atoms with Crippen LogP contribution in [0.2, 0.25) is 0 Å². The third kappa shape index (κ3) is 353. The van der Waals surface area contributed by atoms with Gasteiger partial charge >= 0.3 is 207 Å². The quantitative estimate of drug-likeness (QED) is 0.280. The van der Waals surface area contributed by atoms with E-state index in [0.29, 0.717) is 0 Å². The van der Waals surface area contributed by atoms with Gasteiger partial charge in [0.25, 0.3) is 0 Å². The molecule has 0 aromatic heterocycles. The van der Waals surface area contributed by atoms with Crippen molar-refractivity contribution in [2.75, 3.05) is 0 Å². The first-order valence-electron chi connectivity index (χ1n) is 1.96. The summed E-state index contributed by atoms with van der Waals surface area (Å²) in [6.07, 6.45) is -2.33. The number of carbonyl (C=O) groups excluding carboxylic acids is 1. The number of rotatable bonds is 0. The van der Waals surface area contributed by atoms with E-state index < -0.39 is 23.1 Å². The summed E-state index contributed by atoms with van der Waals surface area (Å²) >= 11 is 0. The molecule has 0 aromatic carbocycles. The minimum Gasteiger partial charge on any atom is -0.822 e. The molecule has 20 heavy (non-hydrogen) atoms. The molecule has 0 unspecified atom stereocenters. The molecule has 0 atom stereocenters. The van der Waals surface area contributed by atoms with Crippen LogP contribution in [-0.4, -0.2) is 15.3 Å². The molecule has 0 bridgehead atoms. The monoisotopic (exact) mass is 392 g/mol. The molecule has 0 spiro atoms. The molecule has 0 saturated carbocycles. The van der Waals surface area contributed by atoms with E-state index >= 15 is 0 Å². The summed E-state index contributed by atoms with van der Waals surface area (Å²) < 4.78 is 17.1. The average molecular weight is 392 g/mol. The van der Waals surface area contributed by atoms with Gasteiger partial charge in [-0.1, -0.05) is 0 Å². The zero-order valence-electron chi connectivity index (χ0n) is 12.5. The first-order valence-corrected chi connectivity index (χ1v) is 4.64. The largest absolute Gasteiger partial charge is 1.00 e. The molecular formula is CNa7O10PSi. The molecule has 10 nitrogen and oxygen atoms in total. The molecule has 0 rings (SSSR count). The number of carboxylic acid groups (broad SMARTS) is 2. The Morgan fingerprint density at radius 1 is 0.750 bits per heavy atom. The van der Waals surface area contributed by atoms with Gasteiger partial charge in [-0.25, -0.2) is 0 Å². The second kappa shape index (κ2) is 44.4. The van der Waals surface area contributed by atoms with Crippen LogP contribution in [-0.2, 0) is 9.03 Å². The van der Waals surface area contributed by atoms with Crippen LogP contribution in [0.4, 0.5) is 4.79 Å². The third-order valence-electron chi connectivity index (χ3n) is 0. The molecule has 19 heteroatoms. The molecule has 80 valence electrons. The van der Waals surface area contributed by atoms with Gasteiger partial charge in [-0.3, -0.25) is 0 Å². The zero-order valence-corrected chi connectivity index (χ0v) is 28.4. The van der Waals surface area contributed by atoms with E-state index in [0.717, 1.165) is 0 Å². The van der Waals surface area contributed by atoms with Crippen LogP contribution in [0.25, 0.3) is 0 Å². The molecule has 0 amide bonds. The summed E-state index contributed by atoms with van der Waals surface area (Å²) in [7, 11) is -9.02. The number of carbonyl (C=O) groups is 1. The van der Waals surface area contributed by atoms with Crippen LogP contribution in [0.1, 0.15) is 0 Å². The van der Waals surface area contributed by atoms with Crippen molar-refractivity contribution in [1.29, 1.82) is 0 Å². The van der Waals surface area contributed by atoms with Crippen molar-refractivity contribution >= 4 is 23.1 Å². The van der Waals surface area contributed by atoms with E-state index in [2.05, 4.69) is 0 Å². The minimum absolute atomic E-state index is 0. The van der Waals surface area contributed by atoms with Crippen molar-refractivity contribution in [2.45, 2.75) is 0 Å². The first kappa shape index (κ1) is 63.5. The van der Waals surface area contributed by atoms with Crippen LogP contribution in [0, 0.1) is 0 Å². The SMILES string of the molecule is O=C([O-])[O-].O=P([O-])([O-])[O-].O=[Si]([O-])[O-].[Na+].[Na+].[Na+].[Na+].[Na+].[Na+].[Na+]. The fourth-order valence-corrected chi connectivity index (χ4v) is 0. The fraction of sp³-hybridized carbons (Fsp3) is 0. The Hall–Kier alpha value is 6.00. The van der Waals surface area contributed by atoms with Crippen LogP contribution >= 0.6 is 7.82 Å². The van der Waals surface area contributed by atoms with Crippen molar-refractivity contribution in [3.05, 3.63) is 0 Å². The smallest absolute Gasteiger partial charge is 0.822 e. The van der Waals surface area contributed by atoms with Gasteiger partial charge in [-0.2, -0.15) is 7.82 Å². The van der Waals surface area contributed by atoms with E-state index in [1.807, 2.05) is 0 Å². The van der Waals surface area contributed by atoms with Gasteiger partial charge in [0.05, 0.1) is 0 Å². The van der Waals surface area contributed by atoms with E-state index in [9.17, 15) is 0 Å². The Morgan fingerprint density at radius 3 is 0.750 bits per heavy atom. The maximum absolute atomic E-state index is 8.55. The Morgan fingerprint density at radius 2 is 0.750 bits per heavy atom. The van der Waals surface area contributed by atoms with Gasteiger partial charge in [0, 0.05) is 9.17 Å². The van der Waals surface area contributed by atoms with Crippen molar-refractivity contribution in [2.24, 2.45) is 0 Å². The summed E-state index contributed by atoms with van der Waals surface area (Å²) in [5, 5.41) is 16.7. The van der Waals surface area contributed by atoms with Gasteiger partial charge in [-0.15, -0.1) is 0 Å². The maximum Gasteiger partial charge on any atom is 1.00 e. The molecule has 0 radical (unpaired) electrons. The molecule has 0 N–H and O–H groups in total. The second-order valence-corrected chi connectivity index (χ2v) is 2.34. The summed E-state index contributed by atoms with van der Waals surface area (Å²) in [5.41, 5.74) is 0. The van der Waals surface area contributed by atoms with E-state index in [-0.39, 0.29) is 207 Å². The first-order chi connectivity index (χ1) is 5.46. The summed E-state index contributed by atoms with van der Waals surface area (Å²) in [6, 6.07) is 0. The van der Waals surface area contributed by atoms with Gasteiger partial charge in [0.2, 0.25) is 0 Å². The predicted octanol–water partition coefficient (Wildman–Crippen LogP) is -29.1. The van der Waals surface area contributed by atoms with Crippen LogP contribution < -0.4 is 241 Å². The Bertz CT molecular complexity index is 182. The van der Waals surface area contributed by atoms with Crippen molar-refractivity contribution in [3.8, 4) is 0 Å². The molecule has 0 heterocycles. The normalized spacial score (nSPS) is 5.35. The molecule has 0 fully saturated rings. The molecule has 0 aliphatic rings. The van der Waals surface area contributed by atoms with Crippen LogP contribution in [0.15, 0.2) is 0 Å². The van der Waals surface area contributed by atoms with Crippen LogP contribution in [0.3, 0.4) is 0 Å². The van der Waals surface area contributed by atoms with Crippen molar-refractivity contribution < 1.29 is 255 Å². The van der Waals surface area contributed by atoms with Crippen molar-refractivity contribution in [1.82, 2.24) is 0 Å². The molecule has 0 aromatic rings. The van der Waals surface area contributed by atoms with Gasteiger partial charge in [0.1, 0.15) is 0 Å². The zero-order chi connectivity index (χ0) is 11.7. The number of hydrogen-bond acceptors (Lipinski definition) is 10. The van der Waals surface area contributed by atoms with E-state index in [4.69, 9.17) is 48.3 Å². The molecule has 0 aliphatic heterocycles. The molecule has 0 saturated heterocycles. The standard InChI is InChI=1S/CH2O3.7Na.H3O4P.O3Si/c2-1(3)4;;;;;;;;1-5(2,3)4;1-4(2)3/h(H2,2,3,4);;;;;;;;(H3,1,2,3,4);/q;7*+1;;-2/p-5. The summed E-state index contributed by atoms with van der Waals surface area (Å²) in [6.45, 7) is 0. The Kier molecular flexibility index (Phi) is 141. The summed E-state index contributed by atoms with van der Waals surface area (Å²) in [4.78, 5) is 51.0. The fourth-order valence-electron chi connectivity index (χ4n) is 0. The average Bonchev–Trinajstić information content (AvgIpc) is 1.50. The van der Waals surface area contributed by atoms with Gasteiger partial charge in [-0.05, 0) is 6.16 Å².